The zero-order valence-corrected chi connectivity index (χ0v) is 15.3. The van der Waals surface area contributed by atoms with Crippen LogP contribution < -0.4 is 10.6 Å². The third-order valence-electron chi connectivity index (χ3n) is 4.01. The fraction of sp³-hybridized carbons (Fsp3) is 0.211. The number of anilines is 1. The first kappa shape index (κ1) is 19.9. The summed E-state index contributed by atoms with van der Waals surface area (Å²) in [4.78, 5) is 13.7. The van der Waals surface area contributed by atoms with E-state index in [1.165, 1.54) is 29.1 Å². The summed E-state index contributed by atoms with van der Waals surface area (Å²) in [6.07, 6.45) is 0.355. The van der Waals surface area contributed by atoms with Gasteiger partial charge in [0.25, 0.3) is 0 Å². The lowest BCUT2D eigenvalue weighted by molar-refractivity contribution is 0.247. The van der Waals surface area contributed by atoms with Crippen LogP contribution in [-0.4, -0.2) is 38.0 Å². The van der Waals surface area contributed by atoms with Crippen molar-refractivity contribution in [2.45, 2.75) is 19.0 Å². The smallest absolute Gasteiger partial charge is 0.319 e. The zero-order valence-electron chi connectivity index (χ0n) is 15.3. The number of nitriles is 1. The number of carbonyl (C=O) groups is 1. The number of aromatic nitrogens is 4. The molecule has 10 heteroatoms. The molecule has 1 atom stereocenters. The van der Waals surface area contributed by atoms with Crippen LogP contribution in [0.2, 0.25) is 0 Å². The van der Waals surface area contributed by atoms with Gasteiger partial charge in [0.2, 0.25) is 0 Å². The number of aliphatic hydroxyl groups excluding tert-OH is 1. The summed E-state index contributed by atoms with van der Waals surface area (Å²) in [6.45, 7) is 0.0347. The molecule has 0 bridgehead atoms. The van der Waals surface area contributed by atoms with Gasteiger partial charge < -0.3 is 15.7 Å². The lowest BCUT2D eigenvalue weighted by Crippen LogP contribution is -2.34. The number of hydrogen-bond acceptors (Lipinski definition) is 6. The highest BCUT2D eigenvalue weighted by Crippen LogP contribution is 2.16. The largest absolute Gasteiger partial charge is 0.394 e. The molecule has 2 amide bonds. The Hall–Kier alpha value is -3.84. The lowest BCUT2D eigenvalue weighted by atomic mass is 10.0. The maximum Gasteiger partial charge on any atom is 0.319 e. The molecule has 0 spiro atoms. The number of aliphatic hydroxyl groups is 1. The van der Waals surface area contributed by atoms with Gasteiger partial charge in [-0.15, -0.1) is 10.2 Å². The van der Waals surface area contributed by atoms with Gasteiger partial charge in [0.05, 0.1) is 30.8 Å². The molecule has 0 fully saturated rings. The van der Waals surface area contributed by atoms with E-state index in [9.17, 15) is 9.18 Å². The number of nitrogens with one attached hydrogen (secondary N) is 2. The van der Waals surface area contributed by atoms with E-state index in [0.29, 0.717) is 17.7 Å². The monoisotopic (exact) mass is 395 g/mol. The van der Waals surface area contributed by atoms with E-state index in [2.05, 4.69) is 32.1 Å². The van der Waals surface area contributed by atoms with Crippen molar-refractivity contribution in [1.82, 2.24) is 25.5 Å². The van der Waals surface area contributed by atoms with Gasteiger partial charge in [0.15, 0.2) is 5.82 Å². The third-order valence-corrected chi connectivity index (χ3v) is 4.01. The van der Waals surface area contributed by atoms with Crippen molar-refractivity contribution in [3.63, 3.8) is 0 Å². The summed E-state index contributed by atoms with van der Waals surface area (Å²) in [6, 6.07) is 13.2. The molecule has 0 aliphatic heterocycles. The first-order valence-corrected chi connectivity index (χ1v) is 8.78. The minimum Gasteiger partial charge on any atom is -0.394 e. The Labute approximate surface area is 165 Å². The summed E-state index contributed by atoms with van der Waals surface area (Å²) in [7, 11) is 0. The molecule has 0 radical (unpaired) electrons. The first-order chi connectivity index (χ1) is 14.1. The molecule has 0 aliphatic rings. The normalized spacial score (nSPS) is 11.5. The van der Waals surface area contributed by atoms with E-state index in [0.717, 1.165) is 5.56 Å². The summed E-state index contributed by atoms with van der Waals surface area (Å²) in [5, 5.41) is 35.4. The summed E-state index contributed by atoms with van der Waals surface area (Å²) in [5.74, 6) is -0.128. The van der Waals surface area contributed by atoms with Crippen LogP contribution in [-0.2, 0) is 13.0 Å². The molecular weight excluding hydrogens is 377 g/mol. The van der Waals surface area contributed by atoms with Crippen molar-refractivity contribution >= 4 is 11.7 Å². The molecule has 0 unspecified atom stereocenters. The second kappa shape index (κ2) is 9.38. The molecule has 29 heavy (non-hydrogen) atoms. The number of carbonyl (C=O) groups excluding carboxylic acids is 1. The van der Waals surface area contributed by atoms with E-state index in [1.54, 1.807) is 24.3 Å². The minimum atomic E-state index is -0.615. The molecule has 1 aromatic heterocycles. The molecular formula is C19H18FN7O2. The molecule has 148 valence electrons. The van der Waals surface area contributed by atoms with Gasteiger partial charge in [-0.3, -0.25) is 0 Å². The van der Waals surface area contributed by atoms with Crippen LogP contribution in [0.25, 0.3) is 0 Å². The van der Waals surface area contributed by atoms with Crippen molar-refractivity contribution in [2.24, 2.45) is 0 Å². The number of amides is 2. The predicted molar refractivity (Wildman–Crippen MR) is 101 cm³/mol. The second-order valence-electron chi connectivity index (χ2n) is 6.14. The van der Waals surface area contributed by atoms with Gasteiger partial charge in [-0.1, -0.05) is 12.1 Å². The summed E-state index contributed by atoms with van der Waals surface area (Å²) >= 11 is 0. The van der Waals surface area contributed by atoms with Crippen molar-refractivity contribution in [3.05, 3.63) is 71.3 Å². The van der Waals surface area contributed by atoms with Gasteiger partial charge in [-0.2, -0.15) is 10.1 Å². The number of urea groups is 1. The quantitative estimate of drug-likeness (QED) is 0.559. The van der Waals surface area contributed by atoms with Gasteiger partial charge in [0, 0.05) is 12.1 Å². The highest BCUT2D eigenvalue weighted by atomic mass is 19.1. The standard InChI is InChI=1S/C19H18FN7O2/c20-15-5-7-16(8-6-15)22-19(29)23-17(18-24-26-27(25-18)9-10-28)11-13-1-3-14(12-21)4-2-13/h1-8,17,28H,9-11H2,(H2,22,23,29)/t17-/m0/s1. The fourth-order valence-electron chi connectivity index (χ4n) is 2.60. The average molecular weight is 395 g/mol. The van der Waals surface area contributed by atoms with Crippen molar-refractivity contribution in [1.29, 1.82) is 5.26 Å². The molecule has 0 aliphatic carbocycles. The maximum absolute atomic E-state index is 13.0. The average Bonchev–Trinajstić information content (AvgIpc) is 3.19. The number of tetrazole rings is 1. The Morgan fingerprint density at radius 1 is 1.21 bits per heavy atom. The van der Waals surface area contributed by atoms with Crippen LogP contribution in [0.3, 0.4) is 0 Å². The number of halogens is 1. The van der Waals surface area contributed by atoms with E-state index in [1.807, 2.05) is 0 Å². The van der Waals surface area contributed by atoms with E-state index in [4.69, 9.17) is 10.4 Å². The van der Waals surface area contributed by atoms with Crippen LogP contribution >= 0.6 is 0 Å². The van der Waals surface area contributed by atoms with Gasteiger partial charge in [-0.25, -0.2) is 9.18 Å². The van der Waals surface area contributed by atoms with Crippen LogP contribution in [0.4, 0.5) is 14.9 Å². The van der Waals surface area contributed by atoms with Crippen LogP contribution in [0.1, 0.15) is 23.0 Å². The highest BCUT2D eigenvalue weighted by molar-refractivity contribution is 5.89. The topological polar surface area (TPSA) is 129 Å². The Bertz CT molecular complexity index is 997. The minimum absolute atomic E-state index is 0.144. The van der Waals surface area contributed by atoms with E-state index >= 15 is 0 Å². The maximum atomic E-state index is 13.0. The van der Waals surface area contributed by atoms with Crippen LogP contribution in [0.5, 0.6) is 0 Å². The van der Waals surface area contributed by atoms with Crippen LogP contribution in [0, 0.1) is 17.1 Å². The molecule has 0 saturated heterocycles. The van der Waals surface area contributed by atoms with Gasteiger partial charge >= 0.3 is 6.03 Å². The molecule has 1 heterocycles. The predicted octanol–water partition coefficient (Wildman–Crippen LogP) is 1.78. The molecule has 3 N–H and O–H groups in total. The Morgan fingerprint density at radius 3 is 2.59 bits per heavy atom. The lowest BCUT2D eigenvalue weighted by Gasteiger charge is -2.16. The molecule has 9 nitrogen and oxygen atoms in total. The second-order valence-corrected chi connectivity index (χ2v) is 6.14. The molecule has 2 aromatic carbocycles. The summed E-state index contributed by atoms with van der Waals surface area (Å²) < 4.78 is 13.0. The zero-order chi connectivity index (χ0) is 20.6. The number of hydrogen-bond donors (Lipinski definition) is 3. The van der Waals surface area contributed by atoms with E-state index in [-0.39, 0.29) is 19.0 Å². The third kappa shape index (κ3) is 5.57. The Kier molecular flexibility index (Phi) is 6.44. The molecule has 3 rings (SSSR count). The van der Waals surface area contributed by atoms with Crippen molar-refractivity contribution in [3.8, 4) is 6.07 Å². The van der Waals surface area contributed by atoms with Crippen molar-refractivity contribution < 1.29 is 14.3 Å². The first-order valence-electron chi connectivity index (χ1n) is 8.78. The molecule has 0 saturated carbocycles. The highest BCUT2D eigenvalue weighted by Gasteiger charge is 2.21. The molecule has 3 aromatic rings. The number of rotatable bonds is 7. The summed E-state index contributed by atoms with van der Waals surface area (Å²) in [5.41, 5.74) is 1.81. The van der Waals surface area contributed by atoms with Gasteiger partial charge in [0.1, 0.15) is 5.82 Å². The SMILES string of the molecule is N#Cc1ccc(C[C@H](NC(=O)Nc2ccc(F)cc2)c2nnn(CCO)n2)cc1. The van der Waals surface area contributed by atoms with E-state index < -0.39 is 17.9 Å². The Balaban J connectivity index is 1.76. The van der Waals surface area contributed by atoms with Crippen LogP contribution in [0.15, 0.2) is 48.5 Å². The van der Waals surface area contributed by atoms with Gasteiger partial charge in [-0.05, 0) is 47.2 Å². The Morgan fingerprint density at radius 2 is 1.93 bits per heavy atom. The number of benzene rings is 2. The number of nitrogens with zero attached hydrogens (tertiary/aromatic N) is 5. The van der Waals surface area contributed by atoms with Crippen molar-refractivity contribution in [2.75, 3.05) is 11.9 Å². The fourth-order valence-corrected chi connectivity index (χ4v) is 2.60.